The summed E-state index contributed by atoms with van der Waals surface area (Å²) >= 11 is 0. The summed E-state index contributed by atoms with van der Waals surface area (Å²) in [5.41, 5.74) is 1.24. The third-order valence-corrected chi connectivity index (χ3v) is 4.06. The van der Waals surface area contributed by atoms with Crippen molar-refractivity contribution in [2.45, 2.75) is 38.3 Å². The second-order valence-corrected chi connectivity index (χ2v) is 5.34. The summed E-state index contributed by atoms with van der Waals surface area (Å²) in [6.45, 7) is 1.70. The predicted octanol–water partition coefficient (Wildman–Crippen LogP) is 2.21. The molecule has 0 radical (unpaired) electrons. The molecular weight excluding hydrogens is 231 g/mol. The Bertz CT molecular complexity index is 489. The smallest absolute Gasteiger partial charge is 0.229 e. The van der Waals surface area contributed by atoms with E-state index in [4.69, 9.17) is 0 Å². The molecule has 18 heavy (non-hydrogen) atoms. The molecule has 3 atom stereocenters. The third kappa shape index (κ3) is 2.01. The van der Waals surface area contributed by atoms with Gasteiger partial charge in [0.2, 0.25) is 5.91 Å². The molecule has 2 fully saturated rings. The zero-order valence-corrected chi connectivity index (χ0v) is 10.4. The molecule has 1 amide bonds. The van der Waals surface area contributed by atoms with Crippen LogP contribution in [0.1, 0.15) is 24.8 Å². The van der Waals surface area contributed by atoms with Crippen LogP contribution in [0.3, 0.4) is 0 Å². The summed E-state index contributed by atoms with van der Waals surface area (Å²) < 4.78 is 13.1. The van der Waals surface area contributed by atoms with Crippen molar-refractivity contribution in [3.05, 3.63) is 29.6 Å². The summed E-state index contributed by atoms with van der Waals surface area (Å²) in [6, 6.07) is 5.52. The van der Waals surface area contributed by atoms with E-state index in [0.717, 1.165) is 12.8 Å². The van der Waals surface area contributed by atoms with E-state index < -0.39 is 0 Å². The zero-order chi connectivity index (χ0) is 12.7. The normalized spacial score (nSPS) is 29.6. The van der Waals surface area contributed by atoms with Crippen molar-refractivity contribution in [3.63, 3.8) is 0 Å². The van der Waals surface area contributed by atoms with Gasteiger partial charge in [0.15, 0.2) is 0 Å². The fourth-order valence-corrected chi connectivity index (χ4v) is 3.07. The number of carbonyl (C=O) groups excluding carboxylic acids is 1. The number of nitrogens with one attached hydrogen (secondary N) is 2. The van der Waals surface area contributed by atoms with Crippen molar-refractivity contribution in [3.8, 4) is 0 Å². The molecule has 0 aromatic heterocycles. The first-order valence-electron chi connectivity index (χ1n) is 6.46. The molecule has 0 saturated carbocycles. The first-order valence-corrected chi connectivity index (χ1v) is 6.46. The number of halogens is 1. The van der Waals surface area contributed by atoms with E-state index in [1.165, 1.54) is 12.5 Å². The first-order chi connectivity index (χ1) is 8.63. The summed E-state index contributed by atoms with van der Waals surface area (Å²) in [5, 5.41) is 6.34. The van der Waals surface area contributed by atoms with Gasteiger partial charge in [0.25, 0.3) is 0 Å². The monoisotopic (exact) mass is 248 g/mol. The quantitative estimate of drug-likeness (QED) is 0.842. The zero-order valence-electron chi connectivity index (χ0n) is 10.4. The topological polar surface area (TPSA) is 41.1 Å². The van der Waals surface area contributed by atoms with Gasteiger partial charge in [-0.3, -0.25) is 4.79 Å². The van der Waals surface area contributed by atoms with E-state index in [0.29, 0.717) is 23.3 Å². The number of hydrogen-bond donors (Lipinski definition) is 2. The minimum absolute atomic E-state index is 0.0562. The van der Waals surface area contributed by atoms with Gasteiger partial charge in [0.05, 0.1) is 5.92 Å². The molecule has 2 saturated heterocycles. The maximum absolute atomic E-state index is 13.1. The minimum atomic E-state index is -0.241. The number of hydrogen-bond acceptors (Lipinski definition) is 2. The van der Waals surface area contributed by atoms with Gasteiger partial charge in [-0.1, -0.05) is 0 Å². The summed E-state index contributed by atoms with van der Waals surface area (Å²) in [4.78, 5) is 12.2. The van der Waals surface area contributed by atoms with Gasteiger partial charge in [-0.05, 0) is 49.9 Å². The Balaban J connectivity index is 1.69. The van der Waals surface area contributed by atoms with E-state index in [-0.39, 0.29) is 17.6 Å². The molecule has 0 aliphatic carbocycles. The van der Waals surface area contributed by atoms with E-state index >= 15 is 0 Å². The highest BCUT2D eigenvalue weighted by Crippen LogP contribution is 2.33. The molecule has 2 aliphatic heterocycles. The molecule has 2 aliphatic rings. The number of fused-ring (bicyclic) bond motifs is 2. The van der Waals surface area contributed by atoms with Gasteiger partial charge in [-0.15, -0.1) is 0 Å². The second-order valence-electron chi connectivity index (χ2n) is 5.34. The lowest BCUT2D eigenvalue weighted by atomic mass is 9.88. The van der Waals surface area contributed by atoms with E-state index in [2.05, 4.69) is 10.6 Å². The van der Waals surface area contributed by atoms with E-state index in [1.807, 2.05) is 0 Å². The van der Waals surface area contributed by atoms with Crippen LogP contribution in [-0.4, -0.2) is 18.0 Å². The lowest BCUT2D eigenvalue weighted by Gasteiger charge is -2.19. The Morgan fingerprint density at radius 2 is 2.28 bits per heavy atom. The summed E-state index contributed by atoms with van der Waals surface area (Å²) in [7, 11) is 0. The highest BCUT2D eigenvalue weighted by Gasteiger charge is 2.42. The van der Waals surface area contributed by atoms with E-state index in [1.54, 1.807) is 19.1 Å². The average Bonchev–Trinajstić information content (AvgIpc) is 2.96. The van der Waals surface area contributed by atoms with Crippen LogP contribution in [-0.2, 0) is 4.79 Å². The number of anilines is 1. The van der Waals surface area contributed by atoms with Crippen LogP contribution in [0, 0.1) is 18.7 Å². The standard InChI is InChI=1S/C14H17FN2O/c1-8-6-9(2-4-12(8)15)17-14(18)11-7-10-3-5-13(11)16-10/h2,4,6,10-11,13,16H,3,5,7H2,1H3,(H,17,18). The molecule has 2 heterocycles. The SMILES string of the molecule is Cc1cc(NC(=O)C2CC3CCC2N3)ccc1F. The highest BCUT2D eigenvalue weighted by molar-refractivity contribution is 5.93. The number of aryl methyl sites for hydroxylation is 1. The average molecular weight is 248 g/mol. The highest BCUT2D eigenvalue weighted by atomic mass is 19.1. The Hall–Kier alpha value is -1.42. The molecule has 1 aromatic rings. The summed E-state index contributed by atoms with van der Waals surface area (Å²) in [5.74, 6) is -0.121. The van der Waals surface area contributed by atoms with Crippen molar-refractivity contribution in [1.29, 1.82) is 0 Å². The van der Waals surface area contributed by atoms with E-state index in [9.17, 15) is 9.18 Å². The van der Waals surface area contributed by atoms with Gasteiger partial charge in [0, 0.05) is 17.8 Å². The molecule has 96 valence electrons. The van der Waals surface area contributed by atoms with Gasteiger partial charge < -0.3 is 10.6 Å². The van der Waals surface area contributed by atoms with Crippen LogP contribution in [0.4, 0.5) is 10.1 Å². The maximum atomic E-state index is 13.1. The lowest BCUT2D eigenvalue weighted by Crippen LogP contribution is -2.32. The molecule has 0 spiro atoms. The summed E-state index contributed by atoms with van der Waals surface area (Å²) in [6.07, 6.45) is 3.20. The Kier molecular flexibility index (Phi) is 2.82. The Labute approximate surface area is 106 Å². The minimum Gasteiger partial charge on any atom is -0.326 e. The largest absolute Gasteiger partial charge is 0.326 e. The first kappa shape index (κ1) is 11.7. The Morgan fingerprint density at radius 3 is 2.89 bits per heavy atom. The Morgan fingerprint density at radius 1 is 1.44 bits per heavy atom. The number of carbonyl (C=O) groups is 1. The maximum Gasteiger partial charge on any atom is 0.229 e. The molecule has 3 unspecified atom stereocenters. The lowest BCUT2D eigenvalue weighted by molar-refractivity contribution is -0.120. The fourth-order valence-electron chi connectivity index (χ4n) is 3.07. The molecular formula is C14H17FN2O. The molecule has 2 bridgehead atoms. The van der Waals surface area contributed by atoms with Gasteiger partial charge in [-0.2, -0.15) is 0 Å². The third-order valence-electron chi connectivity index (χ3n) is 4.06. The number of amides is 1. The molecule has 2 N–H and O–H groups in total. The van der Waals surface area contributed by atoms with Crippen molar-refractivity contribution in [1.82, 2.24) is 5.32 Å². The van der Waals surface area contributed by atoms with Gasteiger partial charge in [0.1, 0.15) is 5.82 Å². The van der Waals surface area contributed by atoms with Crippen LogP contribution in [0.25, 0.3) is 0 Å². The van der Waals surface area contributed by atoms with Crippen molar-refractivity contribution < 1.29 is 9.18 Å². The van der Waals surface area contributed by atoms with Crippen LogP contribution < -0.4 is 10.6 Å². The van der Waals surface area contributed by atoms with Gasteiger partial charge >= 0.3 is 0 Å². The molecule has 1 aromatic carbocycles. The van der Waals surface area contributed by atoms with Crippen molar-refractivity contribution in [2.24, 2.45) is 5.92 Å². The second kappa shape index (κ2) is 4.35. The molecule has 3 rings (SSSR count). The van der Waals surface area contributed by atoms with Crippen LogP contribution in [0.15, 0.2) is 18.2 Å². The number of benzene rings is 1. The van der Waals surface area contributed by atoms with Gasteiger partial charge in [-0.25, -0.2) is 4.39 Å². The van der Waals surface area contributed by atoms with Crippen molar-refractivity contribution in [2.75, 3.05) is 5.32 Å². The van der Waals surface area contributed by atoms with Crippen LogP contribution in [0.2, 0.25) is 0 Å². The van der Waals surface area contributed by atoms with Crippen LogP contribution in [0.5, 0.6) is 0 Å². The van der Waals surface area contributed by atoms with Crippen molar-refractivity contribution >= 4 is 11.6 Å². The number of rotatable bonds is 2. The molecule has 3 nitrogen and oxygen atoms in total. The predicted molar refractivity (Wildman–Crippen MR) is 67.8 cm³/mol. The fraction of sp³-hybridized carbons (Fsp3) is 0.500. The molecule has 4 heteroatoms. The van der Waals surface area contributed by atoms with Crippen LogP contribution >= 0.6 is 0 Å².